The molecule has 0 aliphatic carbocycles. The number of benzene rings is 1. The fourth-order valence-corrected chi connectivity index (χ4v) is 1.94. The summed E-state index contributed by atoms with van der Waals surface area (Å²) >= 11 is 3.52. The molecular formula is C12H14BrNO. The molecule has 0 fully saturated rings. The number of hydrogen-bond acceptors (Lipinski definition) is 2. The molecule has 1 aliphatic rings. The van der Waals surface area contributed by atoms with E-state index < -0.39 is 0 Å². The van der Waals surface area contributed by atoms with Gasteiger partial charge in [-0.3, -0.25) is 0 Å². The molecule has 0 aromatic heterocycles. The largest absolute Gasteiger partial charge is 0.475 e. The van der Waals surface area contributed by atoms with Crippen molar-refractivity contribution in [3.8, 4) is 0 Å². The zero-order valence-electron chi connectivity index (χ0n) is 9.17. The monoisotopic (exact) mass is 267 g/mol. The summed E-state index contributed by atoms with van der Waals surface area (Å²) < 4.78 is 6.64. The molecule has 1 heterocycles. The van der Waals surface area contributed by atoms with E-state index in [0.29, 0.717) is 6.61 Å². The van der Waals surface area contributed by atoms with Crippen LogP contribution >= 0.6 is 15.9 Å². The van der Waals surface area contributed by atoms with Crippen LogP contribution in [0, 0.1) is 6.92 Å². The summed E-state index contributed by atoms with van der Waals surface area (Å²) in [5, 5.41) is 0. The number of hydrogen-bond donors (Lipinski definition) is 0. The lowest BCUT2D eigenvalue weighted by Gasteiger charge is -2.07. The van der Waals surface area contributed by atoms with Crippen LogP contribution in [-0.2, 0) is 4.74 Å². The predicted octanol–water partition coefficient (Wildman–Crippen LogP) is 3.31. The molecule has 2 rings (SSSR count). The van der Waals surface area contributed by atoms with E-state index >= 15 is 0 Å². The summed E-state index contributed by atoms with van der Waals surface area (Å²) in [5.74, 6) is 0.746. The molecule has 1 aliphatic heterocycles. The van der Waals surface area contributed by atoms with Crippen molar-refractivity contribution in [2.75, 3.05) is 6.61 Å². The van der Waals surface area contributed by atoms with Gasteiger partial charge in [-0.25, -0.2) is 4.99 Å². The van der Waals surface area contributed by atoms with E-state index in [1.165, 1.54) is 5.56 Å². The number of rotatable bonds is 1. The Morgan fingerprint density at radius 2 is 2.13 bits per heavy atom. The third-order valence-corrected chi connectivity index (χ3v) is 3.01. The molecule has 0 bridgehead atoms. The molecular weight excluding hydrogens is 254 g/mol. The van der Waals surface area contributed by atoms with Gasteiger partial charge in [0, 0.05) is 4.47 Å². The highest BCUT2D eigenvalue weighted by atomic mass is 79.9. The second kappa shape index (κ2) is 3.63. The number of ether oxygens (including phenoxy) is 1. The summed E-state index contributed by atoms with van der Waals surface area (Å²) in [6, 6.07) is 6.18. The van der Waals surface area contributed by atoms with Crippen molar-refractivity contribution in [1.82, 2.24) is 0 Å². The van der Waals surface area contributed by atoms with Gasteiger partial charge in [-0.1, -0.05) is 11.6 Å². The molecule has 1 aromatic carbocycles. The first-order valence-electron chi connectivity index (χ1n) is 4.97. The Kier molecular flexibility index (Phi) is 2.59. The molecule has 3 heteroatoms. The summed E-state index contributed by atoms with van der Waals surface area (Å²) in [4.78, 5) is 4.56. The van der Waals surface area contributed by atoms with Crippen molar-refractivity contribution in [3.63, 3.8) is 0 Å². The Balaban J connectivity index is 2.43. The smallest absolute Gasteiger partial charge is 0.217 e. The molecule has 0 radical (unpaired) electrons. The highest BCUT2D eigenvalue weighted by Gasteiger charge is 2.27. The number of nitrogens with zero attached hydrogens (tertiary/aromatic N) is 1. The van der Waals surface area contributed by atoms with Crippen molar-refractivity contribution in [1.29, 1.82) is 0 Å². The zero-order valence-corrected chi connectivity index (χ0v) is 10.8. The van der Waals surface area contributed by atoms with Gasteiger partial charge in [-0.05, 0) is 48.8 Å². The van der Waals surface area contributed by atoms with Gasteiger partial charge in [0.15, 0.2) is 0 Å². The van der Waals surface area contributed by atoms with Gasteiger partial charge in [-0.2, -0.15) is 0 Å². The molecule has 0 spiro atoms. The van der Waals surface area contributed by atoms with E-state index in [1.807, 2.05) is 6.07 Å². The molecule has 0 atom stereocenters. The maximum Gasteiger partial charge on any atom is 0.217 e. The lowest BCUT2D eigenvalue weighted by atomic mass is 10.1. The summed E-state index contributed by atoms with van der Waals surface area (Å²) in [6.07, 6.45) is 0. The van der Waals surface area contributed by atoms with Gasteiger partial charge in [0.2, 0.25) is 5.90 Å². The normalized spacial score (nSPS) is 18.5. The molecule has 2 nitrogen and oxygen atoms in total. The highest BCUT2D eigenvalue weighted by Crippen LogP contribution is 2.25. The fourth-order valence-electron chi connectivity index (χ4n) is 1.53. The van der Waals surface area contributed by atoms with Crippen LogP contribution in [0.4, 0.5) is 0 Å². The van der Waals surface area contributed by atoms with Crippen molar-refractivity contribution >= 4 is 21.8 Å². The summed E-state index contributed by atoms with van der Waals surface area (Å²) in [6.45, 7) is 6.87. The second-order valence-corrected chi connectivity index (χ2v) is 5.36. The van der Waals surface area contributed by atoms with E-state index in [2.05, 4.69) is 53.8 Å². The fraction of sp³-hybridized carbons (Fsp3) is 0.417. The maximum absolute atomic E-state index is 5.61. The quantitative estimate of drug-likeness (QED) is 0.765. The highest BCUT2D eigenvalue weighted by molar-refractivity contribution is 9.10. The molecule has 15 heavy (non-hydrogen) atoms. The number of halogens is 1. The van der Waals surface area contributed by atoms with Gasteiger partial charge in [-0.15, -0.1) is 0 Å². The van der Waals surface area contributed by atoms with Crippen LogP contribution in [-0.4, -0.2) is 18.0 Å². The molecule has 0 saturated heterocycles. The predicted molar refractivity (Wildman–Crippen MR) is 65.4 cm³/mol. The Labute approximate surface area is 98.5 Å². The maximum atomic E-state index is 5.61. The van der Waals surface area contributed by atoms with Gasteiger partial charge in [0.05, 0.1) is 11.1 Å². The van der Waals surface area contributed by atoms with E-state index in [1.54, 1.807) is 0 Å². The minimum atomic E-state index is -0.0987. The second-order valence-electron chi connectivity index (χ2n) is 4.50. The van der Waals surface area contributed by atoms with Crippen LogP contribution in [0.15, 0.2) is 27.7 Å². The number of aryl methyl sites for hydroxylation is 1. The van der Waals surface area contributed by atoms with Crippen molar-refractivity contribution < 1.29 is 4.74 Å². The van der Waals surface area contributed by atoms with Crippen LogP contribution in [0.2, 0.25) is 0 Å². The Morgan fingerprint density at radius 1 is 1.40 bits per heavy atom. The van der Waals surface area contributed by atoms with Crippen molar-refractivity contribution in [3.05, 3.63) is 33.8 Å². The third kappa shape index (κ3) is 2.23. The van der Waals surface area contributed by atoms with E-state index in [9.17, 15) is 0 Å². The van der Waals surface area contributed by atoms with Gasteiger partial charge in [0.1, 0.15) is 6.61 Å². The first-order valence-corrected chi connectivity index (χ1v) is 5.76. The Bertz CT molecular complexity index is 424. The SMILES string of the molecule is Cc1ccc(Br)c(C2=NC(C)(C)CO2)c1. The van der Waals surface area contributed by atoms with Crippen LogP contribution < -0.4 is 0 Å². The molecule has 0 amide bonds. The lowest BCUT2D eigenvalue weighted by molar-refractivity contribution is 0.279. The average molecular weight is 268 g/mol. The standard InChI is InChI=1S/C12H14BrNO/c1-8-4-5-10(13)9(6-8)11-14-12(2,3)7-15-11/h4-6H,7H2,1-3H3. The van der Waals surface area contributed by atoms with E-state index in [0.717, 1.165) is 15.9 Å². The third-order valence-electron chi connectivity index (χ3n) is 2.32. The minimum absolute atomic E-state index is 0.0987. The minimum Gasteiger partial charge on any atom is -0.475 e. The van der Waals surface area contributed by atoms with E-state index in [-0.39, 0.29) is 5.54 Å². The molecule has 80 valence electrons. The first-order chi connectivity index (χ1) is 6.98. The van der Waals surface area contributed by atoms with Crippen LogP contribution in [0.3, 0.4) is 0 Å². The lowest BCUT2D eigenvalue weighted by Crippen LogP contribution is -2.17. The van der Waals surface area contributed by atoms with Crippen molar-refractivity contribution in [2.24, 2.45) is 4.99 Å². The average Bonchev–Trinajstić information content (AvgIpc) is 2.50. The van der Waals surface area contributed by atoms with E-state index in [4.69, 9.17) is 4.74 Å². The molecule has 1 aromatic rings. The Morgan fingerprint density at radius 3 is 2.73 bits per heavy atom. The first kappa shape index (κ1) is 10.7. The summed E-state index contributed by atoms with van der Waals surface area (Å²) in [7, 11) is 0. The van der Waals surface area contributed by atoms with Gasteiger partial charge >= 0.3 is 0 Å². The van der Waals surface area contributed by atoms with Gasteiger partial charge < -0.3 is 4.74 Å². The van der Waals surface area contributed by atoms with Crippen molar-refractivity contribution in [2.45, 2.75) is 26.3 Å². The Hall–Kier alpha value is -0.830. The molecule has 0 N–H and O–H groups in total. The summed E-state index contributed by atoms with van der Waals surface area (Å²) in [5.41, 5.74) is 2.16. The van der Waals surface area contributed by atoms with Crippen LogP contribution in [0.5, 0.6) is 0 Å². The molecule has 0 unspecified atom stereocenters. The molecule has 0 saturated carbocycles. The number of aliphatic imine (C=N–C) groups is 1. The van der Waals surface area contributed by atoms with Crippen LogP contribution in [0.1, 0.15) is 25.0 Å². The van der Waals surface area contributed by atoms with Gasteiger partial charge in [0.25, 0.3) is 0 Å². The topological polar surface area (TPSA) is 21.6 Å². The zero-order chi connectivity index (χ0) is 11.1. The van der Waals surface area contributed by atoms with Crippen LogP contribution in [0.25, 0.3) is 0 Å².